The van der Waals surface area contributed by atoms with Crippen LogP contribution < -0.4 is 5.73 Å². The second kappa shape index (κ2) is 6.28. The smallest absolute Gasteiger partial charge is 0.0950 e. The summed E-state index contributed by atoms with van der Waals surface area (Å²) in [7, 11) is 0. The minimum absolute atomic E-state index is 0.0294. The zero-order chi connectivity index (χ0) is 14.8. The van der Waals surface area contributed by atoms with Crippen LogP contribution in [0.15, 0.2) is 24.3 Å². The first-order valence-electron chi connectivity index (χ1n) is 7.82. The third-order valence-corrected chi connectivity index (χ3v) is 4.37. The first-order valence-corrected chi connectivity index (χ1v) is 7.82. The van der Waals surface area contributed by atoms with Crippen molar-refractivity contribution in [2.45, 2.75) is 59.2 Å². The van der Waals surface area contributed by atoms with Crippen LogP contribution in [-0.4, -0.2) is 12.6 Å². The molecule has 0 heterocycles. The number of nitrogens with two attached hydrogens (primary N) is 1. The average Bonchev–Trinajstić information content (AvgIpc) is 2.34. The fourth-order valence-electron chi connectivity index (χ4n) is 3.65. The molecule has 1 saturated carbocycles. The summed E-state index contributed by atoms with van der Waals surface area (Å²) in [5, 5.41) is 0. The van der Waals surface area contributed by atoms with E-state index in [4.69, 9.17) is 10.5 Å². The Labute approximate surface area is 123 Å². The lowest BCUT2D eigenvalue weighted by atomic mass is 9.71. The van der Waals surface area contributed by atoms with E-state index in [1.807, 2.05) is 0 Å². The Morgan fingerprint density at radius 3 is 2.45 bits per heavy atom. The SMILES string of the molecule is Cc1ccc(C(CN)OC2CC(C)CC(C)(C)C2)cc1. The fraction of sp³-hybridized carbons (Fsp3) is 0.667. The van der Waals surface area contributed by atoms with E-state index in [1.165, 1.54) is 17.5 Å². The molecule has 2 N–H and O–H groups in total. The summed E-state index contributed by atoms with van der Waals surface area (Å²) in [6.07, 6.45) is 3.96. The Morgan fingerprint density at radius 1 is 1.25 bits per heavy atom. The third-order valence-electron chi connectivity index (χ3n) is 4.37. The summed E-state index contributed by atoms with van der Waals surface area (Å²) < 4.78 is 6.35. The molecule has 0 bridgehead atoms. The molecule has 0 aromatic heterocycles. The predicted molar refractivity (Wildman–Crippen MR) is 84.6 cm³/mol. The Kier molecular flexibility index (Phi) is 4.87. The van der Waals surface area contributed by atoms with Crippen LogP contribution >= 0.6 is 0 Å². The summed E-state index contributed by atoms with van der Waals surface area (Å²) in [6, 6.07) is 8.55. The highest BCUT2D eigenvalue weighted by molar-refractivity contribution is 5.23. The molecule has 0 aliphatic heterocycles. The summed E-state index contributed by atoms with van der Waals surface area (Å²) in [5.41, 5.74) is 8.80. The second-order valence-electron chi connectivity index (χ2n) is 7.31. The molecule has 1 fully saturated rings. The first-order chi connectivity index (χ1) is 9.39. The van der Waals surface area contributed by atoms with Gasteiger partial charge in [0.05, 0.1) is 12.2 Å². The Hall–Kier alpha value is -0.860. The molecule has 112 valence electrons. The van der Waals surface area contributed by atoms with Gasteiger partial charge in [0.15, 0.2) is 0 Å². The molecule has 1 aliphatic carbocycles. The van der Waals surface area contributed by atoms with Gasteiger partial charge in [0.2, 0.25) is 0 Å². The van der Waals surface area contributed by atoms with Crippen LogP contribution in [-0.2, 0) is 4.74 Å². The van der Waals surface area contributed by atoms with Crippen LogP contribution in [0, 0.1) is 18.3 Å². The number of rotatable bonds is 4. The molecule has 1 aromatic carbocycles. The van der Waals surface area contributed by atoms with Crippen molar-refractivity contribution >= 4 is 0 Å². The van der Waals surface area contributed by atoms with Crippen LogP contribution in [0.25, 0.3) is 0 Å². The molecule has 1 aliphatic rings. The van der Waals surface area contributed by atoms with Gasteiger partial charge in [-0.25, -0.2) is 0 Å². The van der Waals surface area contributed by atoms with Crippen LogP contribution in [0.4, 0.5) is 0 Å². The van der Waals surface area contributed by atoms with E-state index < -0.39 is 0 Å². The normalized spacial score (nSPS) is 27.2. The van der Waals surface area contributed by atoms with E-state index in [-0.39, 0.29) is 6.10 Å². The molecule has 1 aromatic rings. The lowest BCUT2D eigenvalue weighted by Gasteiger charge is -2.40. The van der Waals surface area contributed by atoms with Gasteiger partial charge in [0.25, 0.3) is 0 Å². The molecular weight excluding hydrogens is 246 g/mol. The molecule has 2 heteroatoms. The maximum Gasteiger partial charge on any atom is 0.0950 e. The van der Waals surface area contributed by atoms with Gasteiger partial charge in [0.1, 0.15) is 0 Å². The van der Waals surface area contributed by atoms with Crippen molar-refractivity contribution in [3.63, 3.8) is 0 Å². The maximum absolute atomic E-state index is 6.35. The van der Waals surface area contributed by atoms with Gasteiger partial charge < -0.3 is 10.5 Å². The van der Waals surface area contributed by atoms with Crippen molar-refractivity contribution in [2.24, 2.45) is 17.1 Å². The summed E-state index contributed by atoms with van der Waals surface area (Å²) in [5.74, 6) is 0.736. The van der Waals surface area contributed by atoms with E-state index in [2.05, 4.69) is 52.0 Å². The van der Waals surface area contributed by atoms with Crippen molar-refractivity contribution in [3.05, 3.63) is 35.4 Å². The zero-order valence-electron chi connectivity index (χ0n) is 13.4. The van der Waals surface area contributed by atoms with Gasteiger partial charge in [-0.15, -0.1) is 0 Å². The topological polar surface area (TPSA) is 35.2 Å². The number of aryl methyl sites for hydroxylation is 1. The minimum Gasteiger partial charge on any atom is -0.369 e. The fourth-order valence-corrected chi connectivity index (χ4v) is 3.65. The number of benzene rings is 1. The molecule has 20 heavy (non-hydrogen) atoms. The summed E-state index contributed by atoms with van der Waals surface area (Å²) >= 11 is 0. The van der Waals surface area contributed by atoms with E-state index in [0.717, 1.165) is 18.8 Å². The van der Waals surface area contributed by atoms with Crippen molar-refractivity contribution in [2.75, 3.05) is 6.54 Å². The predicted octanol–water partition coefficient (Wildman–Crippen LogP) is 4.23. The van der Waals surface area contributed by atoms with Gasteiger partial charge in [-0.2, -0.15) is 0 Å². The van der Waals surface area contributed by atoms with E-state index in [1.54, 1.807) is 0 Å². The highest BCUT2D eigenvalue weighted by Gasteiger charge is 2.33. The quantitative estimate of drug-likeness (QED) is 0.892. The van der Waals surface area contributed by atoms with Gasteiger partial charge in [-0.1, -0.05) is 50.6 Å². The van der Waals surface area contributed by atoms with Crippen molar-refractivity contribution in [1.29, 1.82) is 0 Å². The van der Waals surface area contributed by atoms with Gasteiger partial charge in [0, 0.05) is 6.54 Å². The van der Waals surface area contributed by atoms with E-state index >= 15 is 0 Å². The van der Waals surface area contributed by atoms with Gasteiger partial charge >= 0.3 is 0 Å². The minimum atomic E-state index is 0.0294. The van der Waals surface area contributed by atoms with Crippen LogP contribution in [0.5, 0.6) is 0 Å². The molecule has 3 atom stereocenters. The molecule has 0 saturated heterocycles. The Morgan fingerprint density at radius 2 is 1.90 bits per heavy atom. The third kappa shape index (κ3) is 4.07. The highest BCUT2D eigenvalue weighted by Crippen LogP contribution is 2.41. The van der Waals surface area contributed by atoms with Crippen LogP contribution in [0.3, 0.4) is 0 Å². The van der Waals surface area contributed by atoms with Crippen LogP contribution in [0.1, 0.15) is 57.3 Å². The second-order valence-corrected chi connectivity index (χ2v) is 7.31. The van der Waals surface area contributed by atoms with Crippen LogP contribution in [0.2, 0.25) is 0 Å². The van der Waals surface area contributed by atoms with Gasteiger partial charge in [-0.05, 0) is 43.1 Å². The Balaban J connectivity index is 2.04. The van der Waals surface area contributed by atoms with Crippen molar-refractivity contribution in [1.82, 2.24) is 0 Å². The average molecular weight is 275 g/mol. The van der Waals surface area contributed by atoms with E-state index in [9.17, 15) is 0 Å². The Bertz CT molecular complexity index is 424. The monoisotopic (exact) mass is 275 g/mol. The number of hydrogen-bond donors (Lipinski definition) is 1. The molecule has 3 unspecified atom stereocenters. The highest BCUT2D eigenvalue weighted by atomic mass is 16.5. The largest absolute Gasteiger partial charge is 0.369 e. The molecule has 2 nitrogen and oxygen atoms in total. The molecule has 0 radical (unpaired) electrons. The first kappa shape index (κ1) is 15.5. The van der Waals surface area contributed by atoms with Crippen molar-refractivity contribution in [3.8, 4) is 0 Å². The maximum atomic E-state index is 6.35. The molecule has 2 rings (SSSR count). The number of ether oxygens (including phenoxy) is 1. The van der Waals surface area contributed by atoms with E-state index in [0.29, 0.717) is 18.1 Å². The summed E-state index contributed by atoms with van der Waals surface area (Å²) in [4.78, 5) is 0. The molecule has 0 amide bonds. The standard InChI is InChI=1S/C18H29NO/c1-13-5-7-15(8-6-13)17(12-19)20-16-9-14(2)10-18(3,4)11-16/h5-8,14,16-17H,9-12,19H2,1-4H3. The van der Waals surface area contributed by atoms with Crippen molar-refractivity contribution < 1.29 is 4.74 Å². The number of hydrogen-bond acceptors (Lipinski definition) is 2. The van der Waals surface area contributed by atoms with Gasteiger partial charge in [-0.3, -0.25) is 0 Å². The molecular formula is C18H29NO. The summed E-state index contributed by atoms with van der Waals surface area (Å²) in [6.45, 7) is 9.69. The zero-order valence-corrected chi connectivity index (χ0v) is 13.4. The molecule has 0 spiro atoms. The lowest BCUT2D eigenvalue weighted by Crippen LogP contribution is -2.34. The lowest BCUT2D eigenvalue weighted by molar-refractivity contribution is -0.0635.